The Balaban J connectivity index is 0.950. The van der Waals surface area contributed by atoms with Gasteiger partial charge in [0.05, 0.1) is 0 Å². The van der Waals surface area contributed by atoms with Gasteiger partial charge in [0.15, 0.2) is 0 Å². The molecular weight excluding hydrogens is 705 g/mol. The third-order valence-electron chi connectivity index (χ3n) is 10.4. The first-order valence-electron chi connectivity index (χ1n) is 19.7. The fraction of sp³-hybridized carbons (Fsp3) is 0.0741. The number of fused-ring (bicyclic) bond motifs is 1. The van der Waals surface area contributed by atoms with E-state index in [9.17, 15) is 0 Å². The minimum Gasteiger partial charge on any atom is -0.378 e. The Hall–Kier alpha value is -7.30. The molecule has 4 heteroatoms. The van der Waals surface area contributed by atoms with Crippen LogP contribution in [0.25, 0.3) is 35.1 Å². The summed E-state index contributed by atoms with van der Waals surface area (Å²) in [4.78, 5) is 8.83. The summed E-state index contributed by atoms with van der Waals surface area (Å²) in [5.74, 6) is 0. The van der Waals surface area contributed by atoms with Gasteiger partial charge in [-0.05, 0) is 142 Å². The van der Waals surface area contributed by atoms with Crippen LogP contribution in [0, 0.1) is 0 Å². The van der Waals surface area contributed by atoms with Crippen LogP contribution in [0.1, 0.15) is 22.3 Å². The average Bonchev–Trinajstić information content (AvgIpc) is 3.27. The number of rotatable bonds is 12. The number of para-hydroxylation sites is 2. The van der Waals surface area contributed by atoms with Crippen LogP contribution in [-0.2, 0) is 0 Å². The maximum absolute atomic E-state index is 2.29. The van der Waals surface area contributed by atoms with E-state index in [1.54, 1.807) is 0 Å². The fourth-order valence-corrected chi connectivity index (χ4v) is 7.19. The van der Waals surface area contributed by atoms with Crippen molar-refractivity contribution in [1.29, 1.82) is 0 Å². The minimum absolute atomic E-state index is 1.12. The van der Waals surface area contributed by atoms with Crippen molar-refractivity contribution in [2.45, 2.75) is 0 Å². The van der Waals surface area contributed by atoms with E-state index in [0.717, 1.165) is 45.3 Å². The predicted octanol–water partition coefficient (Wildman–Crippen LogP) is 14.3. The van der Waals surface area contributed by atoms with Crippen molar-refractivity contribution in [2.24, 2.45) is 0 Å². The van der Waals surface area contributed by atoms with Crippen LogP contribution in [-0.4, -0.2) is 28.2 Å². The van der Waals surface area contributed by atoms with Crippen molar-refractivity contribution in [2.75, 3.05) is 47.8 Å². The van der Waals surface area contributed by atoms with E-state index in [2.05, 4.69) is 266 Å². The summed E-state index contributed by atoms with van der Waals surface area (Å²) in [5.41, 5.74) is 13.7. The molecule has 58 heavy (non-hydrogen) atoms. The van der Waals surface area contributed by atoms with Crippen molar-refractivity contribution in [3.05, 3.63) is 216 Å². The van der Waals surface area contributed by atoms with Crippen LogP contribution >= 0.6 is 0 Å². The lowest BCUT2D eigenvalue weighted by Gasteiger charge is -2.26. The van der Waals surface area contributed by atoms with E-state index in [-0.39, 0.29) is 0 Å². The van der Waals surface area contributed by atoms with E-state index in [1.807, 2.05) is 0 Å². The van der Waals surface area contributed by atoms with Gasteiger partial charge >= 0.3 is 0 Å². The zero-order chi connectivity index (χ0) is 39.8. The Bertz CT molecular complexity index is 2440. The fourth-order valence-electron chi connectivity index (χ4n) is 7.19. The molecule has 0 fully saturated rings. The highest BCUT2D eigenvalue weighted by atomic mass is 15.1. The van der Waals surface area contributed by atoms with Crippen LogP contribution < -0.4 is 19.6 Å². The van der Waals surface area contributed by atoms with Gasteiger partial charge in [-0.3, -0.25) is 0 Å². The van der Waals surface area contributed by atoms with E-state index in [0.29, 0.717) is 0 Å². The second-order valence-corrected chi connectivity index (χ2v) is 14.9. The third-order valence-corrected chi connectivity index (χ3v) is 10.4. The number of hydrogen-bond acceptors (Lipinski definition) is 4. The molecular formula is C54H48N4. The molecule has 0 atom stereocenters. The molecule has 0 aromatic heterocycles. The Kier molecular flexibility index (Phi) is 11.2. The largest absolute Gasteiger partial charge is 0.378 e. The monoisotopic (exact) mass is 752 g/mol. The van der Waals surface area contributed by atoms with Gasteiger partial charge in [-0.2, -0.15) is 0 Å². The Morgan fingerprint density at radius 1 is 0.259 bits per heavy atom. The second-order valence-electron chi connectivity index (χ2n) is 14.9. The molecule has 0 bridgehead atoms. The quantitative estimate of drug-likeness (QED) is 0.115. The number of nitrogens with zero attached hydrogens (tertiary/aromatic N) is 4. The molecule has 8 aromatic rings. The van der Waals surface area contributed by atoms with Crippen molar-refractivity contribution in [3.8, 4) is 0 Å². The maximum Gasteiger partial charge on any atom is 0.0463 e. The van der Waals surface area contributed by atoms with Crippen molar-refractivity contribution >= 4 is 80.6 Å². The molecule has 0 aliphatic heterocycles. The van der Waals surface area contributed by atoms with E-state index >= 15 is 0 Å². The summed E-state index contributed by atoms with van der Waals surface area (Å²) < 4.78 is 0. The van der Waals surface area contributed by atoms with Gasteiger partial charge in [-0.25, -0.2) is 0 Å². The van der Waals surface area contributed by atoms with Gasteiger partial charge in [0.2, 0.25) is 0 Å². The van der Waals surface area contributed by atoms with E-state index in [1.165, 1.54) is 33.3 Å². The molecule has 0 radical (unpaired) electrons. The van der Waals surface area contributed by atoms with Gasteiger partial charge in [0.1, 0.15) is 0 Å². The molecule has 0 heterocycles. The normalized spacial score (nSPS) is 11.3. The molecule has 0 unspecified atom stereocenters. The minimum atomic E-state index is 1.12. The zero-order valence-corrected chi connectivity index (χ0v) is 33.6. The molecule has 0 aliphatic rings. The van der Waals surface area contributed by atoms with Crippen LogP contribution in [0.5, 0.6) is 0 Å². The highest BCUT2D eigenvalue weighted by Crippen LogP contribution is 2.37. The molecule has 0 saturated carbocycles. The highest BCUT2D eigenvalue weighted by molar-refractivity contribution is 5.89. The zero-order valence-electron chi connectivity index (χ0n) is 33.6. The van der Waals surface area contributed by atoms with Crippen LogP contribution in [0.4, 0.5) is 45.5 Å². The summed E-state index contributed by atoms with van der Waals surface area (Å²) >= 11 is 0. The van der Waals surface area contributed by atoms with E-state index < -0.39 is 0 Å². The smallest absolute Gasteiger partial charge is 0.0463 e. The molecule has 4 nitrogen and oxygen atoms in total. The lowest BCUT2D eigenvalue weighted by Crippen LogP contribution is -2.11. The molecule has 0 aliphatic carbocycles. The topological polar surface area (TPSA) is 13.0 Å². The van der Waals surface area contributed by atoms with Gasteiger partial charge in [0, 0.05) is 73.7 Å². The van der Waals surface area contributed by atoms with E-state index in [4.69, 9.17) is 0 Å². The molecule has 0 N–H and O–H groups in total. The van der Waals surface area contributed by atoms with Crippen molar-refractivity contribution in [1.82, 2.24) is 0 Å². The molecule has 0 amide bonds. The number of anilines is 8. The van der Waals surface area contributed by atoms with Crippen LogP contribution in [0.2, 0.25) is 0 Å². The summed E-state index contributed by atoms with van der Waals surface area (Å²) in [7, 11) is 8.27. The van der Waals surface area contributed by atoms with Gasteiger partial charge < -0.3 is 19.6 Å². The second kappa shape index (κ2) is 17.2. The van der Waals surface area contributed by atoms with Crippen molar-refractivity contribution in [3.63, 3.8) is 0 Å². The first-order chi connectivity index (χ1) is 28.4. The average molecular weight is 753 g/mol. The predicted molar refractivity (Wildman–Crippen MR) is 253 cm³/mol. The van der Waals surface area contributed by atoms with Gasteiger partial charge in [0.25, 0.3) is 0 Å². The van der Waals surface area contributed by atoms with Gasteiger partial charge in [-0.15, -0.1) is 0 Å². The molecule has 0 spiro atoms. The highest BCUT2D eigenvalue weighted by Gasteiger charge is 2.14. The summed E-state index contributed by atoms with van der Waals surface area (Å²) in [5, 5.41) is 2.44. The van der Waals surface area contributed by atoms with Crippen LogP contribution in [0.3, 0.4) is 0 Å². The maximum atomic E-state index is 2.29. The molecule has 0 saturated heterocycles. The Morgan fingerprint density at radius 2 is 0.517 bits per heavy atom. The summed E-state index contributed by atoms with van der Waals surface area (Å²) in [6.07, 6.45) is 8.76. The first kappa shape index (κ1) is 37.6. The number of benzene rings is 8. The lowest BCUT2D eigenvalue weighted by molar-refractivity contribution is 1.13. The van der Waals surface area contributed by atoms with Crippen molar-refractivity contribution < 1.29 is 0 Å². The Labute approximate surface area is 343 Å². The molecule has 8 aromatic carbocycles. The molecule has 284 valence electrons. The van der Waals surface area contributed by atoms with Gasteiger partial charge in [-0.1, -0.05) is 109 Å². The standard InChI is InChI=1S/C54H48N4/c1-55(2)47-31-35-53(36-32-47)57(49-11-7-5-8-12-49)51-27-21-41(22-28-51)15-17-43-19-25-46-40-44(20-26-45(46)39-43)18-16-42-23-29-52(30-24-42)58(50-13-9-6-10-14-50)54-37-33-48(34-38-54)56(3)4/h5-40H,1-4H3. The third kappa shape index (κ3) is 8.72. The number of hydrogen-bond donors (Lipinski definition) is 0. The lowest BCUT2D eigenvalue weighted by atomic mass is 10.0. The molecule has 8 rings (SSSR count). The summed E-state index contributed by atoms with van der Waals surface area (Å²) in [6, 6.07) is 69.3. The van der Waals surface area contributed by atoms with Crippen LogP contribution in [0.15, 0.2) is 194 Å². The summed E-state index contributed by atoms with van der Waals surface area (Å²) in [6.45, 7) is 0. The Morgan fingerprint density at radius 3 is 0.845 bits per heavy atom. The first-order valence-corrected chi connectivity index (χ1v) is 19.7. The SMILES string of the molecule is CN(C)c1ccc(N(c2ccccc2)c2ccc(C=Cc3ccc4cc(C=Cc5ccc(N(c6ccccc6)c6ccc(N(C)C)cc6)cc5)ccc4c3)cc2)cc1.